The molecule has 3 aromatic rings. The zero-order valence-corrected chi connectivity index (χ0v) is 14.9. The van der Waals surface area contributed by atoms with E-state index in [1.165, 1.54) is 29.8 Å². The minimum absolute atomic E-state index is 0.530. The third-order valence-electron chi connectivity index (χ3n) is 5.13. The number of fused-ring (bicyclic) bond motifs is 1. The van der Waals surface area contributed by atoms with Crippen molar-refractivity contribution in [3.8, 4) is 11.1 Å². The van der Waals surface area contributed by atoms with Gasteiger partial charge in [-0.25, -0.2) is 9.97 Å². The fourth-order valence-electron chi connectivity index (χ4n) is 3.52. The van der Waals surface area contributed by atoms with Gasteiger partial charge >= 0.3 is 0 Å². The molecule has 5 nitrogen and oxygen atoms in total. The first-order valence-corrected chi connectivity index (χ1v) is 10.8. The largest absolute Gasteiger partial charge is 0.383 e. The lowest BCUT2D eigenvalue weighted by Gasteiger charge is -2.28. The Hall–Kier alpha value is -2.21. The van der Waals surface area contributed by atoms with Crippen molar-refractivity contribution in [1.29, 1.82) is 0 Å². The molecule has 0 unspecified atom stereocenters. The number of H-pyrrole nitrogens is 1. The van der Waals surface area contributed by atoms with Crippen molar-refractivity contribution >= 4 is 30.2 Å². The number of nitrogens with zero attached hydrogens (tertiary/aromatic N) is 3. The molecule has 0 aliphatic rings. The van der Waals surface area contributed by atoms with Crippen molar-refractivity contribution in [3.05, 3.63) is 30.9 Å². The molecule has 0 aromatic carbocycles. The molecule has 0 fully saturated rings. The molecule has 23 heavy (non-hydrogen) atoms. The number of aromatic amines is 1. The molecule has 0 atom stereocenters. The van der Waals surface area contributed by atoms with Crippen molar-refractivity contribution < 1.29 is 0 Å². The van der Waals surface area contributed by atoms with Gasteiger partial charge in [0.05, 0.1) is 5.39 Å². The van der Waals surface area contributed by atoms with E-state index < -0.39 is 8.07 Å². The molecule has 0 aliphatic carbocycles. The second-order valence-electron chi connectivity index (χ2n) is 5.94. The molecule has 0 saturated carbocycles. The average molecular weight is 325 g/mol. The quantitative estimate of drug-likeness (QED) is 0.705. The van der Waals surface area contributed by atoms with Crippen LogP contribution in [0.5, 0.6) is 0 Å². The lowest BCUT2D eigenvalue weighted by Crippen LogP contribution is -2.47. The van der Waals surface area contributed by atoms with Gasteiger partial charge in [0.15, 0.2) is 0 Å². The van der Waals surface area contributed by atoms with Crippen LogP contribution in [0.2, 0.25) is 18.1 Å². The van der Waals surface area contributed by atoms with Crippen LogP contribution >= 0.6 is 0 Å². The maximum absolute atomic E-state index is 6.20. The molecule has 3 N–H and O–H groups in total. The summed E-state index contributed by atoms with van der Waals surface area (Å²) in [6.07, 6.45) is 5.22. The zero-order valence-electron chi connectivity index (χ0n) is 13.9. The zero-order chi connectivity index (χ0) is 16.4. The van der Waals surface area contributed by atoms with Gasteiger partial charge < -0.3 is 10.7 Å². The Bertz CT molecular complexity index is 800. The Labute approximate surface area is 137 Å². The summed E-state index contributed by atoms with van der Waals surface area (Å²) in [6.45, 7) is 6.90. The Morgan fingerprint density at radius 2 is 1.87 bits per heavy atom. The summed E-state index contributed by atoms with van der Waals surface area (Å²) < 4.78 is 0. The highest BCUT2D eigenvalue weighted by atomic mass is 28.3. The topological polar surface area (TPSA) is 80.5 Å². The Morgan fingerprint density at radius 3 is 2.48 bits per heavy atom. The van der Waals surface area contributed by atoms with Gasteiger partial charge in [-0.1, -0.05) is 45.0 Å². The summed E-state index contributed by atoms with van der Waals surface area (Å²) in [5.41, 5.74) is 9.27. The number of rotatable bonds is 5. The molecule has 0 spiro atoms. The molecule has 0 saturated heterocycles. The number of hydrogen-bond donors (Lipinski definition) is 2. The molecular formula is C17H23N5Si. The summed E-state index contributed by atoms with van der Waals surface area (Å²) in [4.78, 5) is 16.5. The van der Waals surface area contributed by atoms with Crippen molar-refractivity contribution in [2.75, 3.05) is 5.73 Å². The van der Waals surface area contributed by atoms with Gasteiger partial charge in [0.2, 0.25) is 0 Å². The van der Waals surface area contributed by atoms with E-state index in [1.807, 2.05) is 12.3 Å². The van der Waals surface area contributed by atoms with Gasteiger partial charge in [0, 0.05) is 28.8 Å². The van der Waals surface area contributed by atoms with E-state index in [4.69, 9.17) is 5.73 Å². The van der Waals surface area contributed by atoms with Crippen LogP contribution in [0.3, 0.4) is 0 Å². The van der Waals surface area contributed by atoms with Crippen LogP contribution in [0.15, 0.2) is 30.9 Å². The van der Waals surface area contributed by atoms with Crippen LogP contribution in [-0.2, 0) is 0 Å². The highest BCUT2D eigenvalue weighted by molar-refractivity contribution is 6.92. The highest BCUT2D eigenvalue weighted by Crippen LogP contribution is 2.33. The van der Waals surface area contributed by atoms with Crippen LogP contribution < -0.4 is 11.1 Å². The highest BCUT2D eigenvalue weighted by Gasteiger charge is 2.35. The predicted molar refractivity (Wildman–Crippen MR) is 98.4 cm³/mol. The monoisotopic (exact) mass is 325 g/mol. The minimum atomic E-state index is -1.63. The van der Waals surface area contributed by atoms with Gasteiger partial charge in [-0.2, -0.15) is 0 Å². The van der Waals surface area contributed by atoms with Crippen LogP contribution in [0.25, 0.3) is 22.2 Å². The predicted octanol–water partition coefficient (Wildman–Crippen LogP) is 3.32. The van der Waals surface area contributed by atoms with E-state index in [1.54, 1.807) is 6.20 Å². The van der Waals surface area contributed by atoms with Crippen LogP contribution in [0.4, 0.5) is 5.82 Å². The molecule has 3 rings (SSSR count). The number of nitrogens with two attached hydrogens (primary N) is 1. The number of hydrogen-bond acceptors (Lipinski definition) is 4. The normalized spacial score (nSPS) is 12.0. The summed E-state index contributed by atoms with van der Waals surface area (Å²) in [5.74, 6) is 0.530. The second-order valence-corrected chi connectivity index (χ2v) is 11.1. The number of aromatic nitrogens is 4. The van der Waals surface area contributed by atoms with Gasteiger partial charge in [-0.15, -0.1) is 0 Å². The third-order valence-corrected chi connectivity index (χ3v) is 10.6. The van der Waals surface area contributed by atoms with Crippen molar-refractivity contribution in [2.24, 2.45) is 0 Å². The number of anilines is 1. The van der Waals surface area contributed by atoms with Crippen LogP contribution in [-0.4, -0.2) is 28.0 Å². The van der Waals surface area contributed by atoms with E-state index in [2.05, 4.69) is 46.8 Å². The Balaban J connectivity index is 2.41. The first-order chi connectivity index (χ1) is 11.2. The number of pyridine rings is 1. The maximum Gasteiger partial charge on any atom is 0.143 e. The Kier molecular flexibility index (Phi) is 4.17. The van der Waals surface area contributed by atoms with Crippen molar-refractivity contribution in [2.45, 2.75) is 38.9 Å². The molecule has 3 aromatic heterocycles. The van der Waals surface area contributed by atoms with E-state index in [0.717, 1.165) is 22.2 Å². The third kappa shape index (κ3) is 2.43. The van der Waals surface area contributed by atoms with E-state index in [9.17, 15) is 0 Å². The first-order valence-electron chi connectivity index (χ1n) is 8.19. The average Bonchev–Trinajstić information content (AvgIpc) is 2.99. The lowest BCUT2D eigenvalue weighted by molar-refractivity contribution is 1.17. The molecular weight excluding hydrogens is 302 g/mol. The summed E-state index contributed by atoms with van der Waals surface area (Å²) in [5, 5.41) is 2.27. The standard InChI is InChI=1S/C17H23N5Si/c1-4-23(5-2,6-3)17-13(12-8-7-9-19-10-12)14-15(18)20-11-21-16(14)22-17/h7-11H,4-6H2,1-3H3,(H3,18,20,21,22). The molecule has 120 valence electrons. The van der Waals surface area contributed by atoms with Gasteiger partial charge in [-0.05, 0) is 6.07 Å². The molecule has 0 radical (unpaired) electrons. The summed E-state index contributed by atoms with van der Waals surface area (Å²) in [7, 11) is -1.63. The second kappa shape index (κ2) is 6.12. The van der Waals surface area contributed by atoms with Gasteiger partial charge in [-0.3, -0.25) is 4.98 Å². The summed E-state index contributed by atoms with van der Waals surface area (Å²) >= 11 is 0. The molecule has 0 bridgehead atoms. The number of nitrogen functional groups attached to an aromatic ring is 1. The maximum atomic E-state index is 6.20. The van der Waals surface area contributed by atoms with Crippen molar-refractivity contribution in [3.63, 3.8) is 0 Å². The lowest BCUT2D eigenvalue weighted by atomic mass is 10.1. The SMILES string of the molecule is CC[Si](CC)(CC)c1[nH]c2ncnc(N)c2c1-c1cccnc1. The fourth-order valence-corrected chi connectivity index (χ4v) is 7.27. The van der Waals surface area contributed by atoms with Crippen LogP contribution in [0.1, 0.15) is 20.8 Å². The molecule has 0 amide bonds. The molecule has 0 aliphatic heterocycles. The number of nitrogens with one attached hydrogen (secondary N) is 1. The van der Waals surface area contributed by atoms with Crippen LogP contribution in [0, 0.1) is 0 Å². The Morgan fingerprint density at radius 1 is 1.13 bits per heavy atom. The van der Waals surface area contributed by atoms with E-state index >= 15 is 0 Å². The first kappa shape index (κ1) is 15.7. The smallest absolute Gasteiger partial charge is 0.143 e. The van der Waals surface area contributed by atoms with Gasteiger partial charge in [0.25, 0.3) is 0 Å². The van der Waals surface area contributed by atoms with E-state index in [0.29, 0.717) is 5.82 Å². The fraction of sp³-hybridized carbons (Fsp3) is 0.353. The molecule has 3 heterocycles. The summed E-state index contributed by atoms with van der Waals surface area (Å²) in [6, 6.07) is 7.62. The van der Waals surface area contributed by atoms with Crippen molar-refractivity contribution in [1.82, 2.24) is 19.9 Å². The minimum Gasteiger partial charge on any atom is -0.383 e. The van der Waals surface area contributed by atoms with Gasteiger partial charge in [0.1, 0.15) is 25.9 Å². The molecule has 6 heteroatoms. The van der Waals surface area contributed by atoms with E-state index in [-0.39, 0.29) is 0 Å².